The Hall–Kier alpha value is -1.50. The molecule has 0 N–H and O–H groups in total. The van der Waals surface area contributed by atoms with Crippen LogP contribution in [0.2, 0.25) is 0 Å². The summed E-state index contributed by atoms with van der Waals surface area (Å²) < 4.78 is 0. The van der Waals surface area contributed by atoms with Crippen molar-refractivity contribution in [3.05, 3.63) is 81.9 Å². The topological polar surface area (TPSA) is 0 Å². The van der Waals surface area contributed by atoms with Gasteiger partial charge in [0.25, 0.3) is 0 Å². The van der Waals surface area contributed by atoms with Crippen LogP contribution in [0.25, 0.3) is 11.1 Å². The van der Waals surface area contributed by atoms with Crippen LogP contribution in [-0.4, -0.2) is 0 Å². The summed E-state index contributed by atoms with van der Waals surface area (Å²) in [6.07, 6.45) is 0. The summed E-state index contributed by atoms with van der Waals surface area (Å²) in [4.78, 5) is 0. The molecule has 2 heteroatoms. The summed E-state index contributed by atoms with van der Waals surface area (Å²) >= 11 is 13.4. The van der Waals surface area contributed by atoms with E-state index in [1.807, 2.05) is 0 Å². The minimum Gasteiger partial charge on any atom is -0.113 e. The number of alkyl halides is 2. The van der Waals surface area contributed by atoms with Crippen LogP contribution in [0.4, 0.5) is 0 Å². The maximum absolute atomic E-state index is 6.70. The van der Waals surface area contributed by atoms with Crippen LogP contribution in [-0.2, 0) is 0 Å². The highest BCUT2D eigenvalue weighted by Crippen LogP contribution is 2.54. The Kier molecular flexibility index (Phi) is 3.86. The largest absolute Gasteiger partial charge is 0.113 e. The first-order valence-corrected chi connectivity index (χ1v) is 9.27. The minimum absolute atomic E-state index is 0.0250. The van der Waals surface area contributed by atoms with Gasteiger partial charge < -0.3 is 0 Å². The van der Waals surface area contributed by atoms with Gasteiger partial charge in [0.1, 0.15) is 0 Å². The summed E-state index contributed by atoms with van der Waals surface area (Å²) in [7, 11) is 0. The van der Waals surface area contributed by atoms with E-state index in [2.05, 4.69) is 69.3 Å². The fraction of sp³-hybridized carbons (Fsp3) is 0.273. The molecule has 0 radical (unpaired) electrons. The van der Waals surface area contributed by atoms with Gasteiger partial charge in [-0.2, -0.15) is 0 Å². The summed E-state index contributed by atoms with van der Waals surface area (Å²) in [6, 6.07) is 17.0. The number of rotatable bonds is 2. The van der Waals surface area contributed by atoms with Crippen LogP contribution < -0.4 is 0 Å². The Bertz CT molecular complexity index is 815. The molecule has 0 aromatic heterocycles. The van der Waals surface area contributed by atoms with Gasteiger partial charge in [0.05, 0.1) is 10.8 Å². The van der Waals surface area contributed by atoms with E-state index < -0.39 is 0 Å². The lowest BCUT2D eigenvalue weighted by molar-refractivity contribution is 0.969. The molecule has 2 aliphatic carbocycles. The van der Waals surface area contributed by atoms with Crippen LogP contribution in [0.3, 0.4) is 0 Å². The zero-order valence-corrected chi connectivity index (χ0v) is 15.6. The van der Waals surface area contributed by atoms with Crippen LogP contribution in [0.5, 0.6) is 0 Å². The summed E-state index contributed by atoms with van der Waals surface area (Å²) in [5, 5.41) is -0.0500. The maximum atomic E-state index is 6.70. The molecule has 122 valence electrons. The Morgan fingerprint density at radius 2 is 1.08 bits per heavy atom. The third kappa shape index (κ3) is 2.13. The molecule has 2 aromatic carbocycles. The van der Waals surface area contributed by atoms with E-state index in [1.165, 1.54) is 44.5 Å². The summed E-state index contributed by atoms with van der Waals surface area (Å²) in [6.45, 7) is 6.62. The van der Waals surface area contributed by atoms with Gasteiger partial charge in [0, 0.05) is 5.92 Å². The van der Waals surface area contributed by atoms with Crippen LogP contribution >= 0.6 is 23.2 Å². The van der Waals surface area contributed by atoms with Crippen molar-refractivity contribution in [1.29, 1.82) is 0 Å². The number of allylic oxidation sites excluding steroid dienone is 4. The maximum Gasteiger partial charge on any atom is 0.0804 e. The van der Waals surface area contributed by atoms with Gasteiger partial charge in [0.2, 0.25) is 0 Å². The second kappa shape index (κ2) is 5.79. The quantitative estimate of drug-likeness (QED) is 0.502. The molecule has 24 heavy (non-hydrogen) atoms. The average Bonchev–Trinajstić information content (AvgIpc) is 3.00. The highest BCUT2D eigenvalue weighted by atomic mass is 35.5. The number of halogens is 2. The molecule has 0 saturated heterocycles. The van der Waals surface area contributed by atoms with Crippen molar-refractivity contribution in [1.82, 2.24) is 0 Å². The zero-order chi connectivity index (χ0) is 17.0. The first-order chi connectivity index (χ1) is 11.5. The SMILES string of the molecule is CC1=C(C(C)C2=C(C)C(Cl)c3ccccc32)c2ccccc2C1Cl. The molecule has 2 unspecified atom stereocenters. The molecule has 0 amide bonds. The third-order valence-corrected chi connectivity index (χ3v) is 6.65. The molecule has 0 bridgehead atoms. The molecule has 0 heterocycles. The number of fused-ring (bicyclic) bond motifs is 2. The van der Waals surface area contributed by atoms with Crippen molar-refractivity contribution < 1.29 is 0 Å². The minimum atomic E-state index is -0.0250. The molecular weight excluding hydrogens is 335 g/mol. The Balaban J connectivity index is 1.87. The van der Waals surface area contributed by atoms with Crippen LogP contribution in [0, 0.1) is 5.92 Å². The zero-order valence-electron chi connectivity index (χ0n) is 14.1. The van der Waals surface area contributed by atoms with Crippen molar-refractivity contribution in [2.45, 2.75) is 31.5 Å². The van der Waals surface area contributed by atoms with E-state index in [4.69, 9.17) is 23.2 Å². The monoisotopic (exact) mass is 354 g/mol. The Morgan fingerprint density at radius 1 is 0.708 bits per heavy atom. The average molecular weight is 355 g/mol. The van der Waals surface area contributed by atoms with Crippen LogP contribution in [0.1, 0.15) is 53.8 Å². The molecule has 2 aliphatic rings. The number of hydrogen-bond donors (Lipinski definition) is 0. The van der Waals surface area contributed by atoms with Gasteiger partial charge in [-0.1, -0.05) is 55.5 Å². The Morgan fingerprint density at radius 3 is 1.50 bits per heavy atom. The van der Waals surface area contributed by atoms with Gasteiger partial charge >= 0.3 is 0 Å². The highest BCUT2D eigenvalue weighted by molar-refractivity contribution is 6.25. The lowest BCUT2D eigenvalue weighted by atomic mass is 9.84. The van der Waals surface area contributed by atoms with E-state index >= 15 is 0 Å². The van der Waals surface area contributed by atoms with Crippen molar-refractivity contribution >= 4 is 34.3 Å². The van der Waals surface area contributed by atoms with E-state index in [9.17, 15) is 0 Å². The third-order valence-electron chi connectivity index (χ3n) is 5.52. The highest BCUT2D eigenvalue weighted by Gasteiger charge is 2.35. The fourth-order valence-corrected chi connectivity index (χ4v) is 5.00. The lowest BCUT2D eigenvalue weighted by Gasteiger charge is -2.20. The van der Waals surface area contributed by atoms with Gasteiger partial charge in [-0.15, -0.1) is 23.2 Å². The van der Waals surface area contributed by atoms with Crippen molar-refractivity contribution in [2.24, 2.45) is 5.92 Å². The molecule has 0 aliphatic heterocycles. The number of hydrogen-bond acceptors (Lipinski definition) is 0. The fourth-order valence-electron chi connectivity index (χ4n) is 4.38. The van der Waals surface area contributed by atoms with Gasteiger partial charge in [-0.25, -0.2) is 0 Å². The van der Waals surface area contributed by atoms with E-state index in [1.54, 1.807) is 0 Å². The Labute approximate surface area is 153 Å². The number of benzene rings is 2. The van der Waals surface area contributed by atoms with Gasteiger partial charge in [-0.05, 0) is 58.4 Å². The smallest absolute Gasteiger partial charge is 0.0804 e. The molecule has 2 atom stereocenters. The van der Waals surface area contributed by atoms with E-state index in [0.29, 0.717) is 0 Å². The van der Waals surface area contributed by atoms with Crippen molar-refractivity contribution in [3.63, 3.8) is 0 Å². The standard InChI is InChI=1S/C22H20Cl2/c1-12(19-13(2)21(23)17-10-6-4-8-15(17)19)20-14(3)22(24)18-11-7-5-9-16(18)20/h4-12,21-22H,1-3H3. The molecule has 0 saturated carbocycles. The molecule has 4 rings (SSSR count). The molecule has 2 aromatic rings. The second-order valence-electron chi connectivity index (χ2n) is 6.81. The first-order valence-electron chi connectivity index (χ1n) is 8.40. The predicted octanol–water partition coefficient (Wildman–Crippen LogP) is 7.16. The van der Waals surface area contributed by atoms with E-state index in [-0.39, 0.29) is 16.7 Å². The summed E-state index contributed by atoms with van der Waals surface area (Å²) in [5.41, 5.74) is 10.3. The van der Waals surface area contributed by atoms with E-state index in [0.717, 1.165) is 0 Å². The van der Waals surface area contributed by atoms with Crippen molar-refractivity contribution in [3.8, 4) is 0 Å². The lowest BCUT2D eigenvalue weighted by Crippen LogP contribution is -2.03. The first kappa shape index (κ1) is 16.0. The molecule has 0 nitrogen and oxygen atoms in total. The van der Waals surface area contributed by atoms with Crippen LogP contribution in [0.15, 0.2) is 59.7 Å². The normalized spacial score (nSPS) is 23.5. The predicted molar refractivity (Wildman–Crippen MR) is 104 cm³/mol. The summed E-state index contributed by atoms with van der Waals surface area (Å²) in [5.74, 6) is 0.278. The second-order valence-corrected chi connectivity index (χ2v) is 7.69. The van der Waals surface area contributed by atoms with Gasteiger partial charge in [-0.3, -0.25) is 0 Å². The molecule has 0 fully saturated rings. The molecule has 0 spiro atoms. The van der Waals surface area contributed by atoms with Crippen molar-refractivity contribution in [2.75, 3.05) is 0 Å². The molecular formula is C22H20Cl2. The van der Waals surface area contributed by atoms with Gasteiger partial charge in [0.15, 0.2) is 0 Å².